The molecule has 1 N–H and O–H groups in total. The van der Waals surface area contributed by atoms with Crippen molar-refractivity contribution in [3.05, 3.63) is 22.7 Å². The normalized spacial score (nSPS) is 22.9. The first-order chi connectivity index (χ1) is 7.05. The summed E-state index contributed by atoms with van der Waals surface area (Å²) in [6, 6.07) is 5.30. The van der Waals surface area contributed by atoms with E-state index in [4.69, 9.17) is 0 Å². The first-order valence-electron chi connectivity index (χ1n) is 4.83. The van der Waals surface area contributed by atoms with E-state index in [1.54, 1.807) is 12.1 Å². The van der Waals surface area contributed by atoms with Crippen LogP contribution < -0.4 is 5.32 Å². The summed E-state index contributed by atoms with van der Waals surface area (Å²) in [5.41, 5.74) is 0.711. The maximum atomic E-state index is 12.1. The highest BCUT2D eigenvalue weighted by Crippen LogP contribution is 2.32. The molecule has 0 amide bonds. The summed E-state index contributed by atoms with van der Waals surface area (Å²) in [6.45, 7) is 2.40. The lowest BCUT2D eigenvalue weighted by atomic mass is 10.2. The van der Waals surface area contributed by atoms with Gasteiger partial charge >= 0.3 is 0 Å². The zero-order valence-electron chi connectivity index (χ0n) is 8.33. The summed E-state index contributed by atoms with van der Waals surface area (Å²) in [5.74, 6) is 0. The van der Waals surface area contributed by atoms with Gasteiger partial charge in [-0.15, -0.1) is 0 Å². The Balaban J connectivity index is 2.60. The van der Waals surface area contributed by atoms with Crippen molar-refractivity contribution in [1.82, 2.24) is 0 Å². The van der Waals surface area contributed by atoms with E-state index in [0.717, 1.165) is 4.47 Å². The Morgan fingerprint density at radius 3 is 2.93 bits per heavy atom. The molecule has 5 heteroatoms. The van der Waals surface area contributed by atoms with Crippen LogP contribution in [0.2, 0.25) is 0 Å². The van der Waals surface area contributed by atoms with E-state index in [-0.39, 0.29) is 5.25 Å². The number of sulfone groups is 1. The summed E-state index contributed by atoms with van der Waals surface area (Å²) in [5, 5.41) is 2.84. The van der Waals surface area contributed by atoms with Crippen LogP contribution in [0, 0.1) is 0 Å². The molecule has 1 aliphatic heterocycles. The first kappa shape index (κ1) is 11.0. The third-order valence-corrected chi connectivity index (χ3v) is 5.49. The summed E-state index contributed by atoms with van der Waals surface area (Å²) >= 11 is 3.29. The smallest absolute Gasteiger partial charge is 0.185 e. The summed E-state index contributed by atoms with van der Waals surface area (Å²) in [6.07, 6.45) is 0.640. The fourth-order valence-electron chi connectivity index (χ4n) is 1.75. The Labute approximate surface area is 97.9 Å². The van der Waals surface area contributed by atoms with Crippen LogP contribution in [0.5, 0.6) is 0 Å². The van der Waals surface area contributed by atoms with Gasteiger partial charge in [0, 0.05) is 11.0 Å². The highest BCUT2D eigenvalue weighted by Gasteiger charge is 2.32. The number of anilines is 1. The minimum Gasteiger partial charge on any atom is -0.383 e. The minimum atomic E-state index is -3.15. The van der Waals surface area contributed by atoms with Crippen LogP contribution in [0.3, 0.4) is 0 Å². The molecule has 0 fully saturated rings. The van der Waals surface area contributed by atoms with Crippen molar-refractivity contribution >= 4 is 31.5 Å². The molecule has 0 aliphatic carbocycles. The van der Waals surface area contributed by atoms with Gasteiger partial charge < -0.3 is 5.32 Å². The van der Waals surface area contributed by atoms with Crippen LogP contribution in [0.4, 0.5) is 5.69 Å². The van der Waals surface area contributed by atoms with Crippen LogP contribution in [-0.2, 0) is 9.84 Å². The predicted molar refractivity (Wildman–Crippen MR) is 63.9 cm³/mol. The first-order valence-corrected chi connectivity index (χ1v) is 7.17. The average Bonchev–Trinajstić information content (AvgIpc) is 2.19. The molecule has 15 heavy (non-hydrogen) atoms. The fourth-order valence-corrected chi connectivity index (χ4v) is 4.11. The minimum absolute atomic E-state index is 0.306. The molecule has 82 valence electrons. The number of rotatable bonds is 1. The molecule has 1 aromatic carbocycles. The molecule has 0 spiro atoms. The highest BCUT2D eigenvalue weighted by molar-refractivity contribution is 9.10. The maximum absolute atomic E-state index is 12.1. The Bertz CT molecular complexity index is 484. The lowest BCUT2D eigenvalue weighted by molar-refractivity contribution is 0.574. The largest absolute Gasteiger partial charge is 0.383 e. The number of hydrogen-bond acceptors (Lipinski definition) is 3. The Morgan fingerprint density at radius 1 is 1.53 bits per heavy atom. The second-order valence-corrected chi connectivity index (χ2v) is 6.71. The van der Waals surface area contributed by atoms with Gasteiger partial charge in [-0.1, -0.05) is 22.9 Å². The number of fused-ring (bicyclic) bond motifs is 1. The molecule has 1 unspecified atom stereocenters. The van der Waals surface area contributed by atoms with Crippen molar-refractivity contribution in [2.75, 3.05) is 11.9 Å². The number of halogens is 1. The van der Waals surface area contributed by atoms with Crippen LogP contribution in [0.1, 0.15) is 13.3 Å². The molecule has 2 rings (SSSR count). The van der Waals surface area contributed by atoms with Gasteiger partial charge in [-0.25, -0.2) is 8.42 Å². The maximum Gasteiger partial charge on any atom is 0.185 e. The van der Waals surface area contributed by atoms with Crippen LogP contribution in [-0.4, -0.2) is 20.2 Å². The van der Waals surface area contributed by atoms with Gasteiger partial charge in [-0.3, -0.25) is 0 Å². The van der Waals surface area contributed by atoms with Gasteiger partial charge in [0.25, 0.3) is 0 Å². The van der Waals surface area contributed by atoms with Gasteiger partial charge in [-0.2, -0.15) is 0 Å². The molecule has 0 radical (unpaired) electrons. The van der Waals surface area contributed by atoms with Crippen molar-refractivity contribution in [3.8, 4) is 0 Å². The molecular formula is C10H12BrNO2S. The van der Waals surface area contributed by atoms with Crippen LogP contribution in [0.15, 0.2) is 27.6 Å². The SMILES string of the molecule is CCC1CNc2ccc(Br)cc2S1(=O)=O. The Kier molecular flexibility index (Phi) is 2.77. The molecule has 0 saturated carbocycles. The second-order valence-electron chi connectivity index (χ2n) is 3.60. The van der Waals surface area contributed by atoms with Crippen molar-refractivity contribution in [2.45, 2.75) is 23.5 Å². The quantitative estimate of drug-likeness (QED) is 0.864. The van der Waals surface area contributed by atoms with Gasteiger partial charge in [0.05, 0.1) is 15.8 Å². The molecular weight excluding hydrogens is 278 g/mol. The molecule has 1 atom stereocenters. The molecule has 0 aromatic heterocycles. The molecule has 1 heterocycles. The summed E-state index contributed by atoms with van der Waals surface area (Å²) in [4.78, 5) is 0.412. The summed E-state index contributed by atoms with van der Waals surface area (Å²) < 4.78 is 25.0. The van der Waals surface area contributed by atoms with Gasteiger partial charge in [0.1, 0.15) is 0 Å². The van der Waals surface area contributed by atoms with Gasteiger partial charge in [0.2, 0.25) is 0 Å². The summed E-state index contributed by atoms with van der Waals surface area (Å²) in [7, 11) is -3.15. The lowest BCUT2D eigenvalue weighted by Gasteiger charge is -2.25. The van der Waals surface area contributed by atoms with Crippen molar-refractivity contribution in [3.63, 3.8) is 0 Å². The predicted octanol–water partition coefficient (Wildman–Crippen LogP) is 2.43. The number of hydrogen-bond donors (Lipinski definition) is 1. The zero-order valence-corrected chi connectivity index (χ0v) is 10.7. The average molecular weight is 290 g/mol. The van der Waals surface area contributed by atoms with Crippen molar-refractivity contribution in [1.29, 1.82) is 0 Å². The second kappa shape index (κ2) is 3.79. The van der Waals surface area contributed by atoms with Crippen molar-refractivity contribution < 1.29 is 8.42 Å². The van der Waals surface area contributed by atoms with Gasteiger partial charge in [-0.05, 0) is 24.6 Å². The topological polar surface area (TPSA) is 46.2 Å². The standard InChI is InChI=1S/C10H12BrNO2S/c1-2-8-6-12-9-4-3-7(11)5-10(9)15(8,13)14/h3-5,8,12H,2,6H2,1H3. The van der Waals surface area contributed by atoms with E-state index in [1.165, 1.54) is 0 Å². The molecule has 0 bridgehead atoms. The third-order valence-electron chi connectivity index (χ3n) is 2.66. The van der Waals surface area contributed by atoms with Crippen LogP contribution in [0.25, 0.3) is 0 Å². The van der Waals surface area contributed by atoms with E-state index < -0.39 is 9.84 Å². The van der Waals surface area contributed by atoms with E-state index in [0.29, 0.717) is 23.5 Å². The van der Waals surface area contributed by atoms with Crippen molar-refractivity contribution in [2.24, 2.45) is 0 Å². The molecule has 1 aromatic rings. The van der Waals surface area contributed by atoms with E-state index >= 15 is 0 Å². The zero-order chi connectivity index (χ0) is 11.1. The van der Waals surface area contributed by atoms with E-state index in [1.807, 2.05) is 13.0 Å². The van der Waals surface area contributed by atoms with Gasteiger partial charge in [0.15, 0.2) is 9.84 Å². The number of nitrogens with one attached hydrogen (secondary N) is 1. The molecule has 0 saturated heterocycles. The fraction of sp³-hybridized carbons (Fsp3) is 0.400. The van der Waals surface area contributed by atoms with E-state index in [9.17, 15) is 8.42 Å². The number of benzene rings is 1. The molecule has 3 nitrogen and oxygen atoms in total. The Morgan fingerprint density at radius 2 is 2.27 bits per heavy atom. The Hall–Kier alpha value is -0.550. The third kappa shape index (κ3) is 1.78. The monoisotopic (exact) mass is 289 g/mol. The highest BCUT2D eigenvalue weighted by atomic mass is 79.9. The lowest BCUT2D eigenvalue weighted by Crippen LogP contribution is -2.33. The van der Waals surface area contributed by atoms with Crippen LogP contribution >= 0.6 is 15.9 Å². The van der Waals surface area contributed by atoms with E-state index in [2.05, 4.69) is 21.2 Å². The molecule has 1 aliphatic rings.